The Labute approximate surface area is 118 Å². The third-order valence-corrected chi connectivity index (χ3v) is 4.28. The second-order valence-electron chi connectivity index (χ2n) is 5.36. The van der Waals surface area contributed by atoms with Crippen LogP contribution in [-0.4, -0.2) is 44.2 Å². The van der Waals surface area contributed by atoms with Gasteiger partial charge in [-0.05, 0) is 30.0 Å². The Morgan fingerprint density at radius 3 is 2.85 bits per heavy atom. The number of carbonyl (C=O) groups is 1. The minimum Gasteiger partial charge on any atom is -0.496 e. The molecule has 2 N–H and O–H groups in total. The normalized spacial score (nSPS) is 25.4. The van der Waals surface area contributed by atoms with Crippen molar-refractivity contribution in [2.45, 2.75) is 18.4 Å². The molecule has 1 aromatic carbocycles. The molecule has 0 saturated carbocycles. The summed E-state index contributed by atoms with van der Waals surface area (Å²) in [5, 5.41) is 0. The number of amides is 1. The highest BCUT2D eigenvalue weighted by atomic mass is 16.5. The van der Waals surface area contributed by atoms with Crippen LogP contribution in [0, 0.1) is 0 Å². The van der Waals surface area contributed by atoms with Crippen LogP contribution in [0.4, 0.5) is 0 Å². The van der Waals surface area contributed by atoms with Gasteiger partial charge in [0.25, 0.3) is 0 Å². The van der Waals surface area contributed by atoms with E-state index in [2.05, 4.69) is 0 Å². The first-order chi connectivity index (χ1) is 9.66. The van der Waals surface area contributed by atoms with Gasteiger partial charge in [0.15, 0.2) is 0 Å². The molecule has 3 rings (SSSR count). The SMILES string of the molecule is COc1cccc2c1CCC2(N)C(=O)N1CCOCC1. The Bertz CT molecular complexity index is 526. The molecule has 0 bridgehead atoms. The maximum atomic E-state index is 12.8. The van der Waals surface area contributed by atoms with Crippen LogP contribution < -0.4 is 10.5 Å². The van der Waals surface area contributed by atoms with Crippen LogP contribution in [0.2, 0.25) is 0 Å². The molecule has 20 heavy (non-hydrogen) atoms. The van der Waals surface area contributed by atoms with Gasteiger partial charge in [0, 0.05) is 13.1 Å². The van der Waals surface area contributed by atoms with Crippen LogP contribution >= 0.6 is 0 Å². The average Bonchev–Trinajstić information content (AvgIpc) is 2.86. The molecular formula is C15H20N2O3. The van der Waals surface area contributed by atoms with Crippen LogP contribution in [0.25, 0.3) is 0 Å². The predicted octanol–water partition coefficient (Wildman–Crippen LogP) is 0.654. The number of methoxy groups -OCH3 is 1. The van der Waals surface area contributed by atoms with Crippen LogP contribution in [0.15, 0.2) is 18.2 Å². The molecular weight excluding hydrogens is 256 g/mol. The molecule has 5 heteroatoms. The molecule has 1 aliphatic carbocycles. The first kappa shape index (κ1) is 13.4. The van der Waals surface area contributed by atoms with Crippen molar-refractivity contribution in [3.05, 3.63) is 29.3 Å². The molecule has 2 aliphatic rings. The average molecular weight is 276 g/mol. The third kappa shape index (κ3) is 1.98. The van der Waals surface area contributed by atoms with Crippen molar-refractivity contribution in [3.8, 4) is 5.75 Å². The van der Waals surface area contributed by atoms with Gasteiger partial charge in [0.05, 0.1) is 20.3 Å². The number of hydrogen-bond acceptors (Lipinski definition) is 4. The Kier molecular flexibility index (Phi) is 3.40. The van der Waals surface area contributed by atoms with Gasteiger partial charge in [-0.2, -0.15) is 0 Å². The number of carbonyl (C=O) groups excluding carboxylic acids is 1. The standard InChI is InChI=1S/C15H20N2O3/c1-19-13-4-2-3-12-11(13)5-6-15(12,16)14(18)17-7-9-20-10-8-17/h2-4H,5-10,16H2,1H3. The summed E-state index contributed by atoms with van der Waals surface area (Å²) >= 11 is 0. The molecule has 0 spiro atoms. The molecule has 108 valence electrons. The smallest absolute Gasteiger partial charge is 0.247 e. The quantitative estimate of drug-likeness (QED) is 0.861. The molecule has 1 aromatic rings. The summed E-state index contributed by atoms with van der Waals surface area (Å²) in [5.74, 6) is 0.831. The van der Waals surface area contributed by atoms with Gasteiger partial charge in [-0.3, -0.25) is 4.79 Å². The maximum Gasteiger partial charge on any atom is 0.247 e. The fourth-order valence-electron chi connectivity index (χ4n) is 3.16. The number of fused-ring (bicyclic) bond motifs is 1. The lowest BCUT2D eigenvalue weighted by Gasteiger charge is -2.34. The molecule has 1 unspecified atom stereocenters. The minimum atomic E-state index is -0.915. The highest BCUT2D eigenvalue weighted by Gasteiger charge is 2.45. The minimum absolute atomic E-state index is 0.00723. The van der Waals surface area contributed by atoms with E-state index < -0.39 is 5.54 Å². The lowest BCUT2D eigenvalue weighted by atomic mass is 9.91. The zero-order chi connectivity index (χ0) is 14.2. The van der Waals surface area contributed by atoms with E-state index in [0.29, 0.717) is 32.7 Å². The molecule has 1 aliphatic heterocycles. The van der Waals surface area contributed by atoms with Crippen molar-refractivity contribution in [2.75, 3.05) is 33.4 Å². The predicted molar refractivity (Wildman–Crippen MR) is 74.6 cm³/mol. The van der Waals surface area contributed by atoms with Gasteiger partial charge in [-0.15, -0.1) is 0 Å². The van der Waals surface area contributed by atoms with Crippen molar-refractivity contribution in [3.63, 3.8) is 0 Å². The lowest BCUT2D eigenvalue weighted by Crippen LogP contribution is -2.54. The van der Waals surface area contributed by atoms with E-state index in [-0.39, 0.29) is 5.91 Å². The van der Waals surface area contributed by atoms with Gasteiger partial charge in [0.2, 0.25) is 5.91 Å². The van der Waals surface area contributed by atoms with Crippen molar-refractivity contribution < 1.29 is 14.3 Å². The highest BCUT2D eigenvalue weighted by Crippen LogP contribution is 2.40. The fraction of sp³-hybridized carbons (Fsp3) is 0.533. The highest BCUT2D eigenvalue weighted by molar-refractivity contribution is 5.89. The number of morpholine rings is 1. The molecule has 1 fully saturated rings. The van der Waals surface area contributed by atoms with Gasteiger partial charge in [0.1, 0.15) is 11.3 Å². The van der Waals surface area contributed by atoms with Crippen molar-refractivity contribution in [1.82, 2.24) is 4.90 Å². The Balaban J connectivity index is 1.93. The second kappa shape index (κ2) is 5.07. The topological polar surface area (TPSA) is 64.8 Å². The lowest BCUT2D eigenvalue weighted by molar-refractivity contribution is -0.141. The molecule has 1 saturated heterocycles. The van der Waals surface area contributed by atoms with Gasteiger partial charge in [-0.1, -0.05) is 12.1 Å². The molecule has 0 aromatic heterocycles. The summed E-state index contributed by atoms with van der Waals surface area (Å²) in [6.07, 6.45) is 1.42. The Morgan fingerprint density at radius 1 is 1.40 bits per heavy atom. The van der Waals surface area contributed by atoms with E-state index in [4.69, 9.17) is 15.2 Å². The molecule has 1 amide bonds. The zero-order valence-corrected chi connectivity index (χ0v) is 11.7. The molecule has 1 atom stereocenters. The number of rotatable bonds is 2. The molecule has 0 radical (unpaired) electrons. The first-order valence-electron chi connectivity index (χ1n) is 6.99. The fourth-order valence-corrected chi connectivity index (χ4v) is 3.16. The van der Waals surface area contributed by atoms with Crippen LogP contribution in [0.3, 0.4) is 0 Å². The van der Waals surface area contributed by atoms with E-state index in [1.165, 1.54) is 0 Å². The first-order valence-corrected chi connectivity index (χ1v) is 6.99. The van der Waals surface area contributed by atoms with E-state index >= 15 is 0 Å². The number of nitrogens with two attached hydrogens (primary N) is 1. The maximum absolute atomic E-state index is 12.8. The van der Waals surface area contributed by atoms with Gasteiger partial charge in [-0.25, -0.2) is 0 Å². The summed E-state index contributed by atoms with van der Waals surface area (Å²) < 4.78 is 10.7. The third-order valence-electron chi connectivity index (χ3n) is 4.28. The van der Waals surface area contributed by atoms with E-state index in [1.54, 1.807) is 7.11 Å². The van der Waals surface area contributed by atoms with E-state index in [9.17, 15) is 4.79 Å². The molecule has 5 nitrogen and oxygen atoms in total. The van der Waals surface area contributed by atoms with Crippen LogP contribution in [0.1, 0.15) is 17.5 Å². The van der Waals surface area contributed by atoms with E-state index in [1.807, 2.05) is 23.1 Å². The monoisotopic (exact) mass is 276 g/mol. The number of ether oxygens (including phenoxy) is 2. The largest absolute Gasteiger partial charge is 0.496 e. The van der Waals surface area contributed by atoms with Gasteiger partial charge >= 0.3 is 0 Å². The number of nitrogens with zero attached hydrogens (tertiary/aromatic N) is 1. The summed E-state index contributed by atoms with van der Waals surface area (Å²) in [6.45, 7) is 2.42. The Hall–Kier alpha value is -1.59. The van der Waals surface area contributed by atoms with Crippen LogP contribution in [-0.2, 0) is 21.5 Å². The van der Waals surface area contributed by atoms with Crippen molar-refractivity contribution in [2.24, 2.45) is 5.73 Å². The summed E-state index contributed by atoms with van der Waals surface area (Å²) in [6, 6.07) is 5.77. The summed E-state index contributed by atoms with van der Waals surface area (Å²) in [7, 11) is 1.65. The van der Waals surface area contributed by atoms with Crippen molar-refractivity contribution in [1.29, 1.82) is 0 Å². The second-order valence-corrected chi connectivity index (χ2v) is 5.36. The van der Waals surface area contributed by atoms with E-state index in [0.717, 1.165) is 23.3 Å². The summed E-state index contributed by atoms with van der Waals surface area (Å²) in [5.41, 5.74) is 7.54. The molecule has 1 heterocycles. The zero-order valence-electron chi connectivity index (χ0n) is 11.7. The van der Waals surface area contributed by atoms with Crippen LogP contribution in [0.5, 0.6) is 5.75 Å². The summed E-state index contributed by atoms with van der Waals surface area (Å²) in [4.78, 5) is 14.6. The van der Waals surface area contributed by atoms with Crippen molar-refractivity contribution >= 4 is 5.91 Å². The Morgan fingerprint density at radius 2 is 2.15 bits per heavy atom. The number of benzene rings is 1. The number of hydrogen-bond donors (Lipinski definition) is 1. The van der Waals surface area contributed by atoms with Gasteiger partial charge < -0.3 is 20.1 Å².